The summed E-state index contributed by atoms with van der Waals surface area (Å²) in [4.78, 5) is 22.7. The van der Waals surface area contributed by atoms with Crippen molar-refractivity contribution in [3.63, 3.8) is 0 Å². The highest BCUT2D eigenvalue weighted by Crippen LogP contribution is 2.16. The lowest BCUT2D eigenvalue weighted by molar-refractivity contribution is -0.137. The van der Waals surface area contributed by atoms with Crippen molar-refractivity contribution in [3.8, 4) is 0 Å². The van der Waals surface area contributed by atoms with Gasteiger partial charge in [-0.15, -0.1) is 0 Å². The Bertz CT molecular complexity index is 432. The van der Waals surface area contributed by atoms with Gasteiger partial charge in [0.25, 0.3) is 0 Å². The van der Waals surface area contributed by atoms with Crippen LogP contribution in [0.25, 0.3) is 0 Å². The summed E-state index contributed by atoms with van der Waals surface area (Å²) < 4.78 is 0. The van der Waals surface area contributed by atoms with Crippen molar-refractivity contribution < 1.29 is 14.7 Å². The van der Waals surface area contributed by atoms with E-state index in [2.05, 4.69) is 24.5 Å². The molecule has 0 aromatic heterocycles. The van der Waals surface area contributed by atoms with E-state index in [1.165, 1.54) is 0 Å². The summed E-state index contributed by atoms with van der Waals surface area (Å²) >= 11 is 0. The number of amides is 2. The zero-order chi connectivity index (χ0) is 15.0. The lowest BCUT2D eigenvalue weighted by Gasteiger charge is -2.18. The first-order valence-corrected chi connectivity index (χ1v) is 6.80. The molecule has 2 amide bonds. The summed E-state index contributed by atoms with van der Waals surface area (Å²) in [7, 11) is 0. The van der Waals surface area contributed by atoms with Crippen LogP contribution >= 0.6 is 0 Å². The van der Waals surface area contributed by atoms with Crippen LogP contribution in [0.3, 0.4) is 0 Å². The Morgan fingerprint density at radius 2 is 1.85 bits per heavy atom. The van der Waals surface area contributed by atoms with Gasteiger partial charge in [0, 0.05) is 6.54 Å². The van der Waals surface area contributed by atoms with Crippen molar-refractivity contribution in [3.05, 3.63) is 35.9 Å². The molecule has 20 heavy (non-hydrogen) atoms. The average Bonchev–Trinajstić information content (AvgIpc) is 2.38. The number of hydrogen-bond donors (Lipinski definition) is 3. The molecule has 1 aromatic rings. The minimum absolute atomic E-state index is 0.137. The van der Waals surface area contributed by atoms with Gasteiger partial charge in [0.15, 0.2) is 0 Å². The number of aliphatic carboxylic acids is 1. The Hall–Kier alpha value is -2.04. The number of hydrogen-bond acceptors (Lipinski definition) is 2. The van der Waals surface area contributed by atoms with E-state index >= 15 is 0 Å². The minimum atomic E-state index is -0.943. The first-order chi connectivity index (χ1) is 9.49. The zero-order valence-corrected chi connectivity index (χ0v) is 11.9. The van der Waals surface area contributed by atoms with Crippen molar-refractivity contribution in [1.82, 2.24) is 10.6 Å². The second kappa shape index (κ2) is 8.19. The summed E-state index contributed by atoms with van der Waals surface area (Å²) in [5.41, 5.74) is 0.786. The Morgan fingerprint density at radius 3 is 2.40 bits per heavy atom. The van der Waals surface area contributed by atoms with Crippen LogP contribution in [0.5, 0.6) is 0 Å². The molecule has 0 saturated heterocycles. The highest BCUT2D eigenvalue weighted by Gasteiger charge is 2.17. The molecule has 0 heterocycles. The fraction of sp³-hybridized carbons (Fsp3) is 0.467. The molecule has 5 nitrogen and oxygen atoms in total. The zero-order valence-electron chi connectivity index (χ0n) is 11.9. The van der Waals surface area contributed by atoms with Crippen LogP contribution in [0, 0.1) is 5.92 Å². The van der Waals surface area contributed by atoms with E-state index in [-0.39, 0.29) is 12.5 Å². The van der Waals surface area contributed by atoms with Crippen molar-refractivity contribution in [1.29, 1.82) is 0 Å². The quantitative estimate of drug-likeness (QED) is 0.717. The molecule has 1 atom stereocenters. The summed E-state index contributed by atoms with van der Waals surface area (Å²) in [6.45, 7) is 4.74. The number of carbonyl (C=O) groups is 2. The maximum atomic E-state index is 11.8. The second-order valence-electron chi connectivity index (χ2n) is 5.14. The SMILES string of the molecule is CC(C)CCNC(=O)NC(CC(=O)O)c1ccccc1. The van der Waals surface area contributed by atoms with E-state index < -0.39 is 12.0 Å². The van der Waals surface area contributed by atoms with Gasteiger partial charge >= 0.3 is 12.0 Å². The number of urea groups is 1. The van der Waals surface area contributed by atoms with Gasteiger partial charge in [-0.3, -0.25) is 4.79 Å². The number of benzene rings is 1. The number of carbonyl (C=O) groups excluding carboxylic acids is 1. The maximum Gasteiger partial charge on any atom is 0.315 e. The molecule has 110 valence electrons. The molecule has 0 radical (unpaired) electrons. The molecule has 3 N–H and O–H groups in total. The van der Waals surface area contributed by atoms with Crippen LogP contribution in [0.1, 0.15) is 38.3 Å². The Morgan fingerprint density at radius 1 is 1.20 bits per heavy atom. The second-order valence-corrected chi connectivity index (χ2v) is 5.14. The molecule has 0 saturated carbocycles. The predicted molar refractivity (Wildman–Crippen MR) is 77.4 cm³/mol. The van der Waals surface area contributed by atoms with E-state index in [0.717, 1.165) is 12.0 Å². The standard InChI is InChI=1S/C15H22N2O3/c1-11(2)8-9-16-15(20)17-13(10-14(18)19)12-6-4-3-5-7-12/h3-7,11,13H,8-10H2,1-2H3,(H,18,19)(H2,16,17,20). The smallest absolute Gasteiger partial charge is 0.315 e. The monoisotopic (exact) mass is 278 g/mol. The van der Waals surface area contributed by atoms with Gasteiger partial charge in [0.1, 0.15) is 0 Å². The molecule has 0 spiro atoms. The van der Waals surface area contributed by atoms with Crippen molar-refractivity contribution >= 4 is 12.0 Å². The number of carboxylic acid groups (broad SMARTS) is 1. The van der Waals surface area contributed by atoms with Gasteiger partial charge in [-0.2, -0.15) is 0 Å². The normalized spacial score (nSPS) is 11.9. The van der Waals surface area contributed by atoms with Gasteiger partial charge in [0.2, 0.25) is 0 Å². The third-order valence-electron chi connectivity index (χ3n) is 2.89. The molecule has 0 aliphatic rings. The van der Waals surface area contributed by atoms with Crippen molar-refractivity contribution in [2.75, 3.05) is 6.54 Å². The number of carboxylic acids is 1. The van der Waals surface area contributed by atoms with E-state index in [9.17, 15) is 9.59 Å². The Balaban J connectivity index is 2.57. The molecule has 1 aromatic carbocycles. The van der Waals surface area contributed by atoms with Crippen LogP contribution in [0.4, 0.5) is 4.79 Å². The van der Waals surface area contributed by atoms with Gasteiger partial charge in [-0.05, 0) is 17.9 Å². The summed E-state index contributed by atoms with van der Waals surface area (Å²) in [5, 5.41) is 14.4. The first kappa shape index (κ1) is 16.0. The highest BCUT2D eigenvalue weighted by atomic mass is 16.4. The average molecular weight is 278 g/mol. The van der Waals surface area contributed by atoms with E-state index in [0.29, 0.717) is 12.5 Å². The van der Waals surface area contributed by atoms with E-state index in [1.807, 2.05) is 30.3 Å². The van der Waals surface area contributed by atoms with E-state index in [1.54, 1.807) is 0 Å². The third kappa shape index (κ3) is 6.22. The molecule has 5 heteroatoms. The number of nitrogens with one attached hydrogen (secondary N) is 2. The molecule has 0 aliphatic heterocycles. The fourth-order valence-corrected chi connectivity index (χ4v) is 1.80. The van der Waals surface area contributed by atoms with Crippen LogP contribution in [0.15, 0.2) is 30.3 Å². The summed E-state index contributed by atoms with van der Waals surface area (Å²) in [6, 6.07) is 8.26. The predicted octanol–water partition coefficient (Wildman–Crippen LogP) is 2.55. The van der Waals surface area contributed by atoms with Crippen LogP contribution in [-0.2, 0) is 4.79 Å². The molecule has 1 unspecified atom stereocenters. The van der Waals surface area contributed by atoms with Gasteiger partial charge < -0.3 is 15.7 Å². The topological polar surface area (TPSA) is 78.4 Å². The first-order valence-electron chi connectivity index (χ1n) is 6.80. The molecule has 0 bridgehead atoms. The van der Waals surface area contributed by atoms with Crippen LogP contribution in [-0.4, -0.2) is 23.7 Å². The fourth-order valence-electron chi connectivity index (χ4n) is 1.80. The summed E-state index contributed by atoms with van der Waals surface area (Å²) in [5.74, 6) is -0.430. The lowest BCUT2D eigenvalue weighted by Crippen LogP contribution is -2.39. The molecular weight excluding hydrogens is 256 g/mol. The van der Waals surface area contributed by atoms with Gasteiger partial charge in [0.05, 0.1) is 12.5 Å². The van der Waals surface area contributed by atoms with Crippen LogP contribution < -0.4 is 10.6 Å². The highest BCUT2D eigenvalue weighted by molar-refractivity contribution is 5.76. The maximum absolute atomic E-state index is 11.8. The van der Waals surface area contributed by atoms with Gasteiger partial charge in [-0.1, -0.05) is 44.2 Å². The third-order valence-corrected chi connectivity index (χ3v) is 2.89. The van der Waals surface area contributed by atoms with Gasteiger partial charge in [-0.25, -0.2) is 4.79 Å². The Kier molecular flexibility index (Phi) is 6.56. The Labute approximate surface area is 119 Å². The molecule has 1 rings (SSSR count). The van der Waals surface area contributed by atoms with Crippen molar-refractivity contribution in [2.45, 2.75) is 32.7 Å². The number of rotatable bonds is 7. The van der Waals surface area contributed by atoms with Crippen molar-refractivity contribution in [2.24, 2.45) is 5.92 Å². The van der Waals surface area contributed by atoms with Crippen LogP contribution in [0.2, 0.25) is 0 Å². The molecular formula is C15H22N2O3. The molecule has 0 aliphatic carbocycles. The minimum Gasteiger partial charge on any atom is -0.481 e. The largest absolute Gasteiger partial charge is 0.481 e. The lowest BCUT2D eigenvalue weighted by atomic mass is 10.0. The molecule has 0 fully saturated rings. The van der Waals surface area contributed by atoms with E-state index in [4.69, 9.17) is 5.11 Å². The summed E-state index contributed by atoms with van der Waals surface area (Å²) in [6.07, 6.45) is 0.754.